The number of rotatable bonds is 7. The molecule has 0 radical (unpaired) electrons. The minimum atomic E-state index is -3.78. The summed E-state index contributed by atoms with van der Waals surface area (Å²) in [5.74, 6) is -0.352. The summed E-state index contributed by atoms with van der Waals surface area (Å²) in [7, 11) is -3.78. The Bertz CT molecular complexity index is 1030. The Morgan fingerprint density at radius 2 is 1.59 bits per heavy atom. The average molecular weight is 382 g/mol. The number of carbonyl (C=O) groups is 1. The van der Waals surface area contributed by atoms with Crippen LogP contribution in [-0.4, -0.2) is 26.9 Å². The van der Waals surface area contributed by atoms with Crippen molar-refractivity contribution < 1.29 is 13.2 Å². The Balaban J connectivity index is 1.60. The van der Waals surface area contributed by atoms with Gasteiger partial charge in [0.2, 0.25) is 15.9 Å². The van der Waals surface area contributed by atoms with Crippen molar-refractivity contribution in [1.29, 1.82) is 0 Å². The highest BCUT2D eigenvalue weighted by Gasteiger charge is 2.22. The summed E-state index contributed by atoms with van der Waals surface area (Å²) in [6, 6.07) is 21.4. The first-order chi connectivity index (χ1) is 13.0. The molecule has 3 aromatic rings. The van der Waals surface area contributed by atoms with Gasteiger partial charge in [-0.25, -0.2) is 8.42 Å². The molecular formula is C21H22N2O3S. The number of carbonyl (C=O) groups excluding carboxylic acids is 1. The van der Waals surface area contributed by atoms with Crippen LogP contribution >= 0.6 is 0 Å². The number of amides is 1. The van der Waals surface area contributed by atoms with Crippen LogP contribution in [0.15, 0.2) is 77.7 Å². The molecule has 6 heteroatoms. The monoisotopic (exact) mass is 382 g/mol. The maximum atomic E-state index is 12.6. The second-order valence-corrected chi connectivity index (χ2v) is 8.09. The van der Waals surface area contributed by atoms with Crippen molar-refractivity contribution in [2.24, 2.45) is 0 Å². The van der Waals surface area contributed by atoms with E-state index in [0.29, 0.717) is 13.0 Å². The van der Waals surface area contributed by atoms with Crippen LogP contribution < -0.4 is 10.0 Å². The zero-order chi connectivity index (χ0) is 19.3. The van der Waals surface area contributed by atoms with Crippen LogP contribution in [-0.2, 0) is 21.2 Å². The second kappa shape index (κ2) is 8.33. The maximum Gasteiger partial charge on any atom is 0.241 e. The SMILES string of the molecule is CC(NS(=O)(=O)c1ccc2ccccc2c1)C(=O)NCCc1ccccc1. The largest absolute Gasteiger partial charge is 0.354 e. The van der Waals surface area contributed by atoms with Crippen LogP contribution in [0, 0.1) is 0 Å². The van der Waals surface area contributed by atoms with E-state index in [9.17, 15) is 13.2 Å². The average Bonchev–Trinajstić information content (AvgIpc) is 2.68. The fourth-order valence-corrected chi connectivity index (χ4v) is 4.05. The molecule has 0 aliphatic heterocycles. The van der Waals surface area contributed by atoms with Crippen molar-refractivity contribution in [1.82, 2.24) is 10.0 Å². The molecule has 3 rings (SSSR count). The zero-order valence-electron chi connectivity index (χ0n) is 15.1. The van der Waals surface area contributed by atoms with E-state index in [0.717, 1.165) is 16.3 Å². The molecule has 1 unspecified atom stereocenters. The lowest BCUT2D eigenvalue weighted by Crippen LogP contribution is -2.45. The molecule has 0 saturated carbocycles. The van der Waals surface area contributed by atoms with E-state index in [2.05, 4.69) is 10.0 Å². The number of hydrogen-bond acceptors (Lipinski definition) is 3. The van der Waals surface area contributed by atoms with Gasteiger partial charge in [-0.15, -0.1) is 0 Å². The Kier molecular flexibility index (Phi) is 5.88. The fraction of sp³-hybridized carbons (Fsp3) is 0.190. The number of nitrogens with one attached hydrogen (secondary N) is 2. The van der Waals surface area contributed by atoms with Gasteiger partial charge in [-0.1, -0.05) is 60.7 Å². The molecule has 5 nitrogen and oxygen atoms in total. The molecule has 0 bridgehead atoms. The van der Waals surface area contributed by atoms with Gasteiger partial charge in [0.05, 0.1) is 10.9 Å². The minimum absolute atomic E-state index is 0.144. The van der Waals surface area contributed by atoms with Crippen LogP contribution in [0.2, 0.25) is 0 Å². The first kappa shape index (κ1) is 19.1. The number of sulfonamides is 1. The predicted molar refractivity (Wildman–Crippen MR) is 107 cm³/mol. The zero-order valence-corrected chi connectivity index (χ0v) is 15.9. The molecule has 0 fully saturated rings. The van der Waals surface area contributed by atoms with Gasteiger partial charge in [0.15, 0.2) is 0 Å². The molecule has 1 amide bonds. The lowest BCUT2D eigenvalue weighted by Gasteiger charge is -2.15. The number of benzene rings is 3. The summed E-state index contributed by atoms with van der Waals surface area (Å²) >= 11 is 0. The van der Waals surface area contributed by atoms with Crippen LogP contribution in [0.4, 0.5) is 0 Å². The second-order valence-electron chi connectivity index (χ2n) is 6.38. The molecule has 140 valence electrons. The lowest BCUT2D eigenvalue weighted by atomic mass is 10.1. The van der Waals surface area contributed by atoms with E-state index >= 15 is 0 Å². The van der Waals surface area contributed by atoms with E-state index in [1.54, 1.807) is 18.2 Å². The molecule has 0 aliphatic rings. The molecule has 0 aliphatic carbocycles. The lowest BCUT2D eigenvalue weighted by molar-refractivity contribution is -0.122. The van der Waals surface area contributed by atoms with Gasteiger partial charge in [0.25, 0.3) is 0 Å². The van der Waals surface area contributed by atoms with Crippen molar-refractivity contribution in [3.8, 4) is 0 Å². The van der Waals surface area contributed by atoms with Crippen LogP contribution in [0.5, 0.6) is 0 Å². The van der Waals surface area contributed by atoms with Crippen LogP contribution in [0.25, 0.3) is 10.8 Å². The van der Waals surface area contributed by atoms with E-state index in [1.165, 1.54) is 6.92 Å². The maximum absolute atomic E-state index is 12.6. The predicted octanol–water partition coefficient (Wildman–Crippen LogP) is 2.87. The summed E-state index contributed by atoms with van der Waals surface area (Å²) < 4.78 is 27.6. The highest BCUT2D eigenvalue weighted by Crippen LogP contribution is 2.19. The number of hydrogen-bond donors (Lipinski definition) is 2. The third-order valence-electron chi connectivity index (χ3n) is 4.31. The molecule has 2 N–H and O–H groups in total. The van der Waals surface area contributed by atoms with Crippen LogP contribution in [0.3, 0.4) is 0 Å². The molecule has 0 aromatic heterocycles. The first-order valence-electron chi connectivity index (χ1n) is 8.78. The molecule has 3 aromatic carbocycles. The van der Waals surface area contributed by atoms with E-state index < -0.39 is 16.1 Å². The molecule has 0 heterocycles. The van der Waals surface area contributed by atoms with Crippen molar-refractivity contribution in [3.63, 3.8) is 0 Å². The minimum Gasteiger partial charge on any atom is -0.354 e. The fourth-order valence-electron chi connectivity index (χ4n) is 2.82. The third kappa shape index (κ3) is 4.93. The Morgan fingerprint density at radius 3 is 2.33 bits per heavy atom. The quantitative estimate of drug-likeness (QED) is 0.660. The van der Waals surface area contributed by atoms with Crippen molar-refractivity contribution in [3.05, 3.63) is 78.4 Å². The van der Waals surface area contributed by atoms with E-state index in [4.69, 9.17) is 0 Å². The topological polar surface area (TPSA) is 75.3 Å². The summed E-state index contributed by atoms with van der Waals surface area (Å²) in [5, 5.41) is 4.56. The molecule has 0 saturated heterocycles. The molecule has 0 spiro atoms. The van der Waals surface area contributed by atoms with E-state index in [1.807, 2.05) is 54.6 Å². The summed E-state index contributed by atoms with van der Waals surface area (Å²) in [5.41, 5.74) is 1.11. The Labute approximate surface area is 159 Å². The summed E-state index contributed by atoms with van der Waals surface area (Å²) in [6.07, 6.45) is 0.691. The van der Waals surface area contributed by atoms with Gasteiger partial charge in [-0.2, -0.15) is 4.72 Å². The Morgan fingerprint density at radius 1 is 0.926 bits per heavy atom. The standard InChI is InChI=1S/C21H22N2O3S/c1-16(21(24)22-14-13-17-7-3-2-4-8-17)23-27(25,26)20-12-11-18-9-5-6-10-19(18)15-20/h2-12,15-16,23H,13-14H2,1H3,(H,22,24). The van der Waals surface area contributed by atoms with Gasteiger partial charge < -0.3 is 5.32 Å². The summed E-state index contributed by atoms with van der Waals surface area (Å²) in [4.78, 5) is 12.4. The van der Waals surface area contributed by atoms with E-state index in [-0.39, 0.29) is 10.8 Å². The Hall–Kier alpha value is -2.70. The van der Waals surface area contributed by atoms with Gasteiger partial charge in [-0.05, 0) is 41.8 Å². The highest BCUT2D eigenvalue weighted by atomic mass is 32.2. The molecule has 27 heavy (non-hydrogen) atoms. The van der Waals surface area contributed by atoms with Gasteiger partial charge in [-0.3, -0.25) is 4.79 Å². The van der Waals surface area contributed by atoms with Crippen molar-refractivity contribution >= 4 is 26.7 Å². The van der Waals surface area contributed by atoms with Gasteiger partial charge in [0.1, 0.15) is 0 Å². The summed E-state index contributed by atoms with van der Waals surface area (Å²) in [6.45, 7) is 1.99. The first-order valence-corrected chi connectivity index (χ1v) is 10.3. The molecule has 1 atom stereocenters. The number of fused-ring (bicyclic) bond motifs is 1. The smallest absolute Gasteiger partial charge is 0.241 e. The third-order valence-corrected chi connectivity index (χ3v) is 5.85. The van der Waals surface area contributed by atoms with Gasteiger partial charge >= 0.3 is 0 Å². The van der Waals surface area contributed by atoms with Crippen molar-refractivity contribution in [2.45, 2.75) is 24.3 Å². The van der Waals surface area contributed by atoms with Gasteiger partial charge in [0, 0.05) is 6.54 Å². The molecular weight excluding hydrogens is 360 g/mol. The highest BCUT2D eigenvalue weighted by molar-refractivity contribution is 7.89. The van der Waals surface area contributed by atoms with Crippen molar-refractivity contribution in [2.75, 3.05) is 6.54 Å². The normalized spacial score (nSPS) is 12.6. The van der Waals surface area contributed by atoms with Crippen LogP contribution in [0.1, 0.15) is 12.5 Å².